The third-order valence-electron chi connectivity index (χ3n) is 3.05. The lowest BCUT2D eigenvalue weighted by atomic mass is 9.91. The van der Waals surface area contributed by atoms with Crippen molar-refractivity contribution in [2.24, 2.45) is 0 Å². The first-order valence-corrected chi connectivity index (χ1v) is 6.51. The molecule has 2 unspecified atom stereocenters. The highest BCUT2D eigenvalue weighted by Crippen LogP contribution is 2.34. The largest absolute Gasteiger partial charge is 0.389 e. The van der Waals surface area contributed by atoms with E-state index >= 15 is 0 Å². The molecular weight excluding hydrogens is 200 g/mol. The summed E-state index contributed by atoms with van der Waals surface area (Å²) in [7, 11) is -3.07. The number of hydrogen-bond donors (Lipinski definition) is 1. The SMILES string of the molecule is C#CCCCC1(O)CCS(=O)(=O)C1C. The third kappa shape index (κ3) is 2.10. The maximum Gasteiger partial charge on any atom is 0.155 e. The quantitative estimate of drug-likeness (QED) is 0.559. The molecule has 3 nitrogen and oxygen atoms in total. The van der Waals surface area contributed by atoms with Gasteiger partial charge < -0.3 is 5.11 Å². The van der Waals surface area contributed by atoms with Gasteiger partial charge in [-0.05, 0) is 26.2 Å². The topological polar surface area (TPSA) is 54.4 Å². The van der Waals surface area contributed by atoms with Gasteiger partial charge in [0.15, 0.2) is 9.84 Å². The Hall–Kier alpha value is -0.530. The molecular formula is C10H16O3S. The second-order valence-corrected chi connectivity index (χ2v) is 6.36. The minimum atomic E-state index is -3.07. The normalized spacial score (nSPS) is 35.4. The van der Waals surface area contributed by atoms with Crippen LogP contribution in [0.3, 0.4) is 0 Å². The summed E-state index contributed by atoms with van der Waals surface area (Å²) in [6.45, 7) is 1.58. The van der Waals surface area contributed by atoms with Crippen molar-refractivity contribution in [2.75, 3.05) is 5.75 Å². The van der Waals surface area contributed by atoms with Gasteiger partial charge in [0.1, 0.15) is 0 Å². The first kappa shape index (κ1) is 11.5. The van der Waals surface area contributed by atoms with Gasteiger partial charge in [0, 0.05) is 6.42 Å². The predicted molar refractivity (Wildman–Crippen MR) is 55.5 cm³/mol. The summed E-state index contributed by atoms with van der Waals surface area (Å²) in [6.07, 6.45) is 7.21. The van der Waals surface area contributed by atoms with E-state index in [0.717, 1.165) is 0 Å². The van der Waals surface area contributed by atoms with Gasteiger partial charge in [-0.2, -0.15) is 0 Å². The Balaban J connectivity index is 2.64. The van der Waals surface area contributed by atoms with Gasteiger partial charge >= 0.3 is 0 Å². The van der Waals surface area contributed by atoms with E-state index in [1.807, 2.05) is 0 Å². The van der Waals surface area contributed by atoms with Crippen molar-refractivity contribution in [3.8, 4) is 12.3 Å². The van der Waals surface area contributed by atoms with Crippen molar-refractivity contribution in [2.45, 2.75) is 43.5 Å². The lowest BCUT2D eigenvalue weighted by molar-refractivity contribution is 0.0347. The van der Waals surface area contributed by atoms with Crippen LogP contribution in [0, 0.1) is 12.3 Å². The Kier molecular flexibility index (Phi) is 3.23. The molecule has 1 heterocycles. The zero-order valence-corrected chi connectivity index (χ0v) is 9.18. The summed E-state index contributed by atoms with van der Waals surface area (Å²) in [5.74, 6) is 2.58. The van der Waals surface area contributed by atoms with E-state index in [1.54, 1.807) is 6.92 Å². The molecule has 0 saturated carbocycles. The second kappa shape index (κ2) is 3.92. The van der Waals surface area contributed by atoms with Crippen LogP contribution in [0.1, 0.15) is 32.6 Å². The lowest BCUT2D eigenvalue weighted by Gasteiger charge is -2.25. The van der Waals surface area contributed by atoms with Crippen LogP contribution in [0.15, 0.2) is 0 Å². The molecule has 80 valence electrons. The highest BCUT2D eigenvalue weighted by atomic mass is 32.2. The van der Waals surface area contributed by atoms with Crippen LogP contribution in [-0.4, -0.2) is 30.1 Å². The van der Waals surface area contributed by atoms with Crippen molar-refractivity contribution >= 4 is 9.84 Å². The Labute approximate surface area is 85.4 Å². The number of hydrogen-bond acceptors (Lipinski definition) is 3. The van der Waals surface area contributed by atoms with Crippen LogP contribution in [0.4, 0.5) is 0 Å². The minimum absolute atomic E-state index is 0.0979. The fourth-order valence-electron chi connectivity index (χ4n) is 1.86. The molecule has 1 rings (SSSR count). The average Bonchev–Trinajstić information content (AvgIpc) is 2.32. The summed E-state index contributed by atoms with van der Waals surface area (Å²) in [5.41, 5.74) is -1.05. The van der Waals surface area contributed by atoms with Crippen LogP contribution in [0.5, 0.6) is 0 Å². The maximum atomic E-state index is 11.4. The van der Waals surface area contributed by atoms with Crippen LogP contribution in [0.2, 0.25) is 0 Å². The Morgan fingerprint density at radius 3 is 2.71 bits per heavy atom. The molecule has 0 radical (unpaired) electrons. The highest BCUT2D eigenvalue weighted by molar-refractivity contribution is 7.92. The molecule has 14 heavy (non-hydrogen) atoms. The molecule has 2 atom stereocenters. The van der Waals surface area contributed by atoms with Crippen LogP contribution in [-0.2, 0) is 9.84 Å². The van der Waals surface area contributed by atoms with E-state index < -0.39 is 20.7 Å². The standard InChI is InChI=1S/C10H16O3S/c1-3-4-5-6-10(11)7-8-14(12,13)9(10)2/h1,9,11H,4-8H2,2H3. The zero-order chi connectivity index (χ0) is 10.8. The van der Waals surface area contributed by atoms with Gasteiger partial charge in [-0.15, -0.1) is 12.3 Å². The third-order valence-corrected chi connectivity index (χ3v) is 5.33. The van der Waals surface area contributed by atoms with E-state index in [2.05, 4.69) is 5.92 Å². The fraction of sp³-hybridized carbons (Fsp3) is 0.800. The number of terminal acetylenes is 1. The number of sulfone groups is 1. The average molecular weight is 216 g/mol. The molecule has 0 bridgehead atoms. The van der Waals surface area contributed by atoms with Crippen LogP contribution in [0.25, 0.3) is 0 Å². The first-order valence-electron chi connectivity index (χ1n) is 4.80. The molecule has 1 aliphatic heterocycles. The summed E-state index contributed by atoms with van der Waals surface area (Å²) in [4.78, 5) is 0. The van der Waals surface area contributed by atoms with Gasteiger partial charge in [0.25, 0.3) is 0 Å². The molecule has 1 aliphatic rings. The molecule has 0 amide bonds. The summed E-state index contributed by atoms with van der Waals surface area (Å²) in [6, 6.07) is 0. The molecule has 4 heteroatoms. The van der Waals surface area contributed by atoms with Crippen molar-refractivity contribution in [1.82, 2.24) is 0 Å². The van der Waals surface area contributed by atoms with Crippen LogP contribution >= 0.6 is 0 Å². The molecule has 0 aliphatic carbocycles. The lowest BCUT2D eigenvalue weighted by Crippen LogP contribution is -2.38. The van der Waals surface area contributed by atoms with Gasteiger partial charge in [-0.25, -0.2) is 8.42 Å². The fourth-order valence-corrected chi connectivity index (χ4v) is 3.75. The van der Waals surface area contributed by atoms with Crippen molar-refractivity contribution < 1.29 is 13.5 Å². The van der Waals surface area contributed by atoms with Gasteiger partial charge in [0.2, 0.25) is 0 Å². The van der Waals surface area contributed by atoms with E-state index in [0.29, 0.717) is 25.7 Å². The van der Waals surface area contributed by atoms with E-state index in [4.69, 9.17) is 6.42 Å². The van der Waals surface area contributed by atoms with Gasteiger partial charge in [-0.3, -0.25) is 0 Å². The minimum Gasteiger partial charge on any atom is -0.389 e. The first-order chi connectivity index (χ1) is 6.42. The Morgan fingerprint density at radius 2 is 2.29 bits per heavy atom. The Morgan fingerprint density at radius 1 is 1.64 bits per heavy atom. The van der Waals surface area contributed by atoms with E-state index in [-0.39, 0.29) is 5.75 Å². The maximum absolute atomic E-state index is 11.4. The van der Waals surface area contributed by atoms with Crippen molar-refractivity contribution in [3.63, 3.8) is 0 Å². The molecule has 0 aromatic heterocycles. The molecule has 0 spiro atoms. The summed E-state index contributed by atoms with van der Waals surface area (Å²) < 4.78 is 22.8. The second-order valence-electron chi connectivity index (χ2n) is 3.92. The molecule has 1 fully saturated rings. The molecule has 1 saturated heterocycles. The van der Waals surface area contributed by atoms with Crippen molar-refractivity contribution in [3.05, 3.63) is 0 Å². The Bertz CT molecular complexity index is 339. The number of aliphatic hydroxyl groups is 1. The van der Waals surface area contributed by atoms with E-state index in [1.165, 1.54) is 0 Å². The van der Waals surface area contributed by atoms with Crippen LogP contribution < -0.4 is 0 Å². The van der Waals surface area contributed by atoms with Gasteiger partial charge in [0.05, 0.1) is 16.6 Å². The number of unbranched alkanes of at least 4 members (excludes halogenated alkanes) is 1. The van der Waals surface area contributed by atoms with Crippen molar-refractivity contribution in [1.29, 1.82) is 0 Å². The molecule has 0 aromatic rings. The highest BCUT2D eigenvalue weighted by Gasteiger charge is 2.47. The number of rotatable bonds is 3. The molecule has 0 aromatic carbocycles. The van der Waals surface area contributed by atoms with E-state index in [9.17, 15) is 13.5 Å². The zero-order valence-electron chi connectivity index (χ0n) is 8.36. The predicted octanol–water partition coefficient (Wildman–Crippen LogP) is 0.728. The summed E-state index contributed by atoms with van der Waals surface area (Å²) in [5, 5.41) is 9.43. The monoisotopic (exact) mass is 216 g/mol. The summed E-state index contributed by atoms with van der Waals surface area (Å²) >= 11 is 0. The van der Waals surface area contributed by atoms with Gasteiger partial charge in [-0.1, -0.05) is 0 Å². The molecule has 1 N–H and O–H groups in total. The smallest absolute Gasteiger partial charge is 0.155 e.